The van der Waals surface area contributed by atoms with Gasteiger partial charge in [0.05, 0.1) is 10.7 Å². The van der Waals surface area contributed by atoms with Gasteiger partial charge in [0.25, 0.3) is 5.91 Å². The molecule has 0 aromatic heterocycles. The lowest BCUT2D eigenvalue weighted by Gasteiger charge is -2.44. The number of carbonyl (C=O) groups is 2. The molecular formula is C33H37ClN4O4. The highest BCUT2D eigenvalue weighted by Crippen LogP contribution is 2.45. The minimum Gasteiger partial charge on any atom is -0.508 e. The number of halogens is 1. The molecule has 1 unspecified atom stereocenters. The number of benzene rings is 3. The fraction of sp³-hybridized carbons (Fsp3) is 0.394. The summed E-state index contributed by atoms with van der Waals surface area (Å²) in [7, 11) is 4.23. The summed E-state index contributed by atoms with van der Waals surface area (Å²) in [6, 6.07) is 15.5. The molecule has 3 aliphatic rings. The Morgan fingerprint density at radius 3 is 2.55 bits per heavy atom. The molecule has 3 aromatic carbocycles. The number of ether oxygens (including phenoxy) is 1. The standard InChI is InChI=1S/C33H37ClN4O4/c1-4-32(40)37-17-21(18-37)19-38-29-16-28(34)27(26-14-24(39)13-22-7-5-6-8-25(22)26)15-30(29)42-31(33(38)41)20-36-11-9-23(10-12-36)35(2)3/h4-8,13-16,21,23,31,39H,1,9-12,17-20H2,2-3H3. The van der Waals surface area contributed by atoms with Crippen molar-refractivity contribution in [1.82, 2.24) is 14.7 Å². The maximum atomic E-state index is 14.0. The summed E-state index contributed by atoms with van der Waals surface area (Å²) in [6.45, 7) is 7.53. The third-order valence-electron chi connectivity index (χ3n) is 8.88. The van der Waals surface area contributed by atoms with E-state index in [-0.39, 0.29) is 23.5 Å². The number of anilines is 1. The maximum Gasteiger partial charge on any atom is 0.269 e. The first kappa shape index (κ1) is 28.5. The van der Waals surface area contributed by atoms with Gasteiger partial charge in [-0.3, -0.25) is 14.5 Å². The second kappa shape index (κ2) is 11.6. The van der Waals surface area contributed by atoms with Gasteiger partial charge < -0.3 is 24.5 Å². The average Bonchev–Trinajstić information content (AvgIpc) is 2.95. The molecule has 42 heavy (non-hydrogen) atoms. The molecular weight excluding hydrogens is 552 g/mol. The van der Waals surface area contributed by atoms with Crippen molar-refractivity contribution in [3.05, 3.63) is 66.2 Å². The summed E-state index contributed by atoms with van der Waals surface area (Å²) >= 11 is 6.91. The van der Waals surface area contributed by atoms with Crippen LogP contribution in [-0.2, 0) is 9.59 Å². The minimum atomic E-state index is -0.658. The number of nitrogens with zero attached hydrogens (tertiary/aromatic N) is 4. The van der Waals surface area contributed by atoms with Crippen molar-refractivity contribution in [2.75, 3.05) is 58.3 Å². The molecule has 220 valence electrons. The molecule has 0 bridgehead atoms. The third kappa shape index (κ3) is 5.46. The number of amides is 2. The molecule has 1 atom stereocenters. The number of phenols is 1. The van der Waals surface area contributed by atoms with Gasteiger partial charge in [-0.05, 0) is 86.7 Å². The normalized spacial score (nSPS) is 20.0. The average molecular weight is 589 g/mol. The fourth-order valence-corrected chi connectivity index (χ4v) is 6.74. The molecule has 0 saturated carbocycles. The lowest BCUT2D eigenvalue weighted by atomic mass is 9.95. The molecule has 0 radical (unpaired) electrons. The first-order chi connectivity index (χ1) is 20.2. The first-order valence-corrected chi connectivity index (χ1v) is 14.9. The van der Waals surface area contributed by atoms with Gasteiger partial charge in [0.15, 0.2) is 6.10 Å². The Morgan fingerprint density at radius 2 is 1.83 bits per heavy atom. The molecule has 6 rings (SSSR count). The van der Waals surface area contributed by atoms with E-state index in [4.69, 9.17) is 16.3 Å². The Bertz CT molecular complexity index is 1530. The van der Waals surface area contributed by atoms with Crippen LogP contribution in [0.25, 0.3) is 21.9 Å². The van der Waals surface area contributed by atoms with E-state index >= 15 is 0 Å². The number of hydrogen-bond acceptors (Lipinski definition) is 6. The molecule has 3 aliphatic heterocycles. The highest BCUT2D eigenvalue weighted by Gasteiger charge is 2.40. The SMILES string of the molecule is C=CC(=O)N1CC(CN2C(=O)C(CN3CCC(N(C)C)CC3)Oc3cc(-c4cc(O)cc5ccccc45)c(Cl)cc32)C1. The van der Waals surface area contributed by atoms with Gasteiger partial charge in [-0.2, -0.15) is 0 Å². The van der Waals surface area contributed by atoms with Crippen LogP contribution < -0.4 is 9.64 Å². The van der Waals surface area contributed by atoms with E-state index in [9.17, 15) is 14.7 Å². The van der Waals surface area contributed by atoms with Crippen LogP contribution in [0.15, 0.2) is 61.2 Å². The van der Waals surface area contributed by atoms with Crippen LogP contribution in [0.3, 0.4) is 0 Å². The third-order valence-corrected chi connectivity index (χ3v) is 9.20. The van der Waals surface area contributed by atoms with Gasteiger partial charge in [-0.1, -0.05) is 42.4 Å². The summed E-state index contributed by atoms with van der Waals surface area (Å²) in [6.07, 6.45) is 2.77. The topological polar surface area (TPSA) is 76.6 Å². The summed E-state index contributed by atoms with van der Waals surface area (Å²) in [5, 5.41) is 12.8. The van der Waals surface area contributed by atoms with Crippen LogP contribution in [-0.4, -0.2) is 97.1 Å². The number of rotatable bonds is 7. The molecule has 8 nitrogen and oxygen atoms in total. The summed E-state index contributed by atoms with van der Waals surface area (Å²) in [5.74, 6) is 0.710. The van der Waals surface area contributed by atoms with Gasteiger partial charge in [0.2, 0.25) is 5.91 Å². The lowest BCUT2D eigenvalue weighted by Crippen LogP contribution is -2.58. The minimum absolute atomic E-state index is 0.0858. The zero-order valence-electron chi connectivity index (χ0n) is 24.1. The lowest BCUT2D eigenvalue weighted by molar-refractivity contribution is -0.132. The Kier molecular flexibility index (Phi) is 7.87. The van der Waals surface area contributed by atoms with E-state index in [1.54, 1.807) is 28.0 Å². The van der Waals surface area contributed by atoms with Gasteiger partial charge in [-0.25, -0.2) is 0 Å². The molecule has 0 aliphatic carbocycles. The van der Waals surface area contributed by atoms with Crippen LogP contribution in [0.2, 0.25) is 5.02 Å². The predicted octanol–water partition coefficient (Wildman–Crippen LogP) is 4.63. The van der Waals surface area contributed by atoms with Gasteiger partial charge in [-0.15, -0.1) is 0 Å². The summed E-state index contributed by atoms with van der Waals surface area (Å²) in [5.41, 5.74) is 2.16. The van der Waals surface area contributed by atoms with Crippen molar-refractivity contribution in [1.29, 1.82) is 0 Å². The molecule has 2 fully saturated rings. The second-order valence-corrected chi connectivity index (χ2v) is 12.3. The smallest absolute Gasteiger partial charge is 0.269 e. The zero-order chi connectivity index (χ0) is 29.5. The van der Waals surface area contributed by atoms with Crippen molar-refractivity contribution in [3.63, 3.8) is 0 Å². The molecule has 0 spiro atoms. The molecule has 9 heteroatoms. The van der Waals surface area contributed by atoms with Crippen LogP contribution in [0.5, 0.6) is 11.5 Å². The van der Waals surface area contributed by atoms with Crippen molar-refractivity contribution in [3.8, 4) is 22.6 Å². The van der Waals surface area contributed by atoms with E-state index in [1.807, 2.05) is 30.3 Å². The number of hydrogen-bond donors (Lipinski definition) is 1. The second-order valence-electron chi connectivity index (χ2n) is 11.9. The fourth-order valence-electron chi connectivity index (χ4n) is 6.48. The zero-order valence-corrected chi connectivity index (χ0v) is 24.9. The van der Waals surface area contributed by atoms with E-state index in [2.05, 4.69) is 30.5 Å². The monoisotopic (exact) mass is 588 g/mol. The van der Waals surface area contributed by atoms with Gasteiger partial charge >= 0.3 is 0 Å². The van der Waals surface area contributed by atoms with Crippen LogP contribution in [0.4, 0.5) is 5.69 Å². The van der Waals surface area contributed by atoms with E-state index in [0.29, 0.717) is 48.7 Å². The van der Waals surface area contributed by atoms with Gasteiger partial charge in [0.1, 0.15) is 11.5 Å². The highest BCUT2D eigenvalue weighted by molar-refractivity contribution is 6.34. The first-order valence-electron chi connectivity index (χ1n) is 14.6. The predicted molar refractivity (Wildman–Crippen MR) is 166 cm³/mol. The van der Waals surface area contributed by atoms with Crippen molar-refractivity contribution < 1.29 is 19.4 Å². The Hall–Kier alpha value is -3.59. The Balaban J connectivity index is 1.33. The molecule has 3 heterocycles. The van der Waals surface area contributed by atoms with Crippen molar-refractivity contribution in [2.24, 2.45) is 5.92 Å². The maximum absolute atomic E-state index is 14.0. The highest BCUT2D eigenvalue weighted by atomic mass is 35.5. The number of aromatic hydroxyl groups is 1. The van der Waals surface area contributed by atoms with E-state index in [1.165, 1.54) is 6.08 Å². The number of fused-ring (bicyclic) bond motifs is 2. The van der Waals surface area contributed by atoms with Crippen LogP contribution in [0.1, 0.15) is 12.8 Å². The van der Waals surface area contributed by atoms with E-state index in [0.717, 1.165) is 47.8 Å². The van der Waals surface area contributed by atoms with E-state index < -0.39 is 6.10 Å². The molecule has 2 saturated heterocycles. The van der Waals surface area contributed by atoms with Gasteiger partial charge in [0, 0.05) is 43.7 Å². The molecule has 1 N–H and O–H groups in total. The number of likely N-dealkylation sites (tertiary alicyclic amines) is 2. The quantitative estimate of drug-likeness (QED) is 0.406. The Morgan fingerprint density at radius 1 is 1.10 bits per heavy atom. The van der Waals surface area contributed by atoms with Crippen LogP contribution in [0, 0.1) is 5.92 Å². The van der Waals surface area contributed by atoms with Crippen molar-refractivity contribution >= 4 is 39.9 Å². The summed E-state index contributed by atoms with van der Waals surface area (Å²) in [4.78, 5) is 34.1. The number of piperidine rings is 1. The van der Waals surface area contributed by atoms with Crippen molar-refractivity contribution in [2.45, 2.75) is 25.0 Å². The molecule has 3 aromatic rings. The number of phenolic OH excluding ortho intramolecular Hbond substituents is 1. The Labute approximate surface area is 251 Å². The number of carbonyl (C=O) groups excluding carboxylic acids is 2. The molecule has 2 amide bonds. The largest absolute Gasteiger partial charge is 0.508 e. The van der Waals surface area contributed by atoms with Crippen LogP contribution >= 0.6 is 11.6 Å². The summed E-state index contributed by atoms with van der Waals surface area (Å²) < 4.78 is 6.48.